The van der Waals surface area contributed by atoms with E-state index in [1.165, 1.54) is 0 Å². The van der Waals surface area contributed by atoms with Crippen molar-refractivity contribution in [3.63, 3.8) is 0 Å². The van der Waals surface area contributed by atoms with Crippen LogP contribution in [0.5, 0.6) is 0 Å². The molecule has 3 heteroatoms. The van der Waals surface area contributed by atoms with Crippen LogP contribution in [0.15, 0.2) is 11.1 Å². The summed E-state index contributed by atoms with van der Waals surface area (Å²) in [5, 5.41) is 21.1. The Morgan fingerprint density at radius 2 is 1.78 bits per heavy atom. The van der Waals surface area contributed by atoms with Gasteiger partial charge in [0.15, 0.2) is 5.78 Å². The molecule has 102 valence electrons. The zero-order chi connectivity index (χ0) is 13.7. The van der Waals surface area contributed by atoms with Crippen LogP contribution in [-0.2, 0) is 4.79 Å². The van der Waals surface area contributed by atoms with Crippen molar-refractivity contribution in [1.82, 2.24) is 0 Å². The van der Waals surface area contributed by atoms with Crippen molar-refractivity contribution >= 4 is 5.78 Å². The lowest BCUT2D eigenvalue weighted by Gasteiger charge is -2.34. The van der Waals surface area contributed by atoms with Crippen molar-refractivity contribution in [2.24, 2.45) is 11.8 Å². The van der Waals surface area contributed by atoms with E-state index >= 15 is 0 Å². The van der Waals surface area contributed by atoms with Gasteiger partial charge in [0.2, 0.25) is 0 Å². The Bertz CT molecular complexity index is 400. The molecule has 0 aromatic rings. The molecule has 0 aliphatic heterocycles. The standard InChI is InChI=1S/C15H24O3/c1-9(2)10-7-12-11(5-6-14(12,3)17)15(4,18)8-13(10)16/h11-12,17-18H,5-8H2,1-4H3. The van der Waals surface area contributed by atoms with Gasteiger partial charge in [-0.3, -0.25) is 4.79 Å². The normalized spacial score (nSPS) is 44.8. The van der Waals surface area contributed by atoms with E-state index in [9.17, 15) is 15.0 Å². The van der Waals surface area contributed by atoms with E-state index in [1.54, 1.807) is 6.92 Å². The number of hydrogen-bond acceptors (Lipinski definition) is 3. The predicted molar refractivity (Wildman–Crippen MR) is 70.1 cm³/mol. The van der Waals surface area contributed by atoms with Crippen LogP contribution in [0.1, 0.15) is 53.4 Å². The number of aliphatic hydroxyl groups is 2. The minimum absolute atomic E-state index is 0.0103. The van der Waals surface area contributed by atoms with Crippen LogP contribution < -0.4 is 0 Å². The van der Waals surface area contributed by atoms with Crippen molar-refractivity contribution < 1.29 is 15.0 Å². The second kappa shape index (κ2) is 4.17. The second-order valence-corrected chi connectivity index (χ2v) is 6.75. The number of fused-ring (bicyclic) bond motifs is 1. The zero-order valence-electron chi connectivity index (χ0n) is 11.8. The lowest BCUT2D eigenvalue weighted by atomic mass is 9.76. The highest BCUT2D eigenvalue weighted by atomic mass is 16.3. The Hall–Kier alpha value is -0.670. The van der Waals surface area contributed by atoms with Gasteiger partial charge < -0.3 is 10.2 Å². The number of ketones is 1. The Balaban J connectivity index is 2.45. The first-order chi connectivity index (χ1) is 8.15. The average molecular weight is 252 g/mol. The van der Waals surface area contributed by atoms with Crippen LogP contribution in [0.25, 0.3) is 0 Å². The summed E-state index contributed by atoms with van der Waals surface area (Å²) in [5.74, 6) is 0.0577. The van der Waals surface area contributed by atoms with Gasteiger partial charge in [-0.2, -0.15) is 0 Å². The van der Waals surface area contributed by atoms with Gasteiger partial charge in [-0.25, -0.2) is 0 Å². The first-order valence-corrected chi connectivity index (χ1v) is 6.79. The fourth-order valence-electron chi connectivity index (χ4n) is 3.75. The Labute approximate surface area is 109 Å². The molecular formula is C15H24O3. The van der Waals surface area contributed by atoms with Crippen molar-refractivity contribution in [3.8, 4) is 0 Å². The molecule has 0 radical (unpaired) electrons. The quantitative estimate of drug-likeness (QED) is 0.650. The first-order valence-electron chi connectivity index (χ1n) is 6.79. The van der Waals surface area contributed by atoms with Gasteiger partial charge >= 0.3 is 0 Å². The van der Waals surface area contributed by atoms with Gasteiger partial charge in [0.25, 0.3) is 0 Å². The Morgan fingerprint density at radius 3 is 2.33 bits per heavy atom. The van der Waals surface area contributed by atoms with Crippen LogP contribution in [0.4, 0.5) is 0 Å². The molecule has 2 saturated carbocycles. The number of Topliss-reactive ketones (excluding diaryl/α,β-unsaturated/α-hetero) is 1. The molecule has 0 bridgehead atoms. The minimum Gasteiger partial charge on any atom is -0.390 e. The first kappa shape index (κ1) is 13.8. The number of carbonyl (C=O) groups excluding carboxylic acids is 1. The summed E-state index contributed by atoms with van der Waals surface area (Å²) in [4.78, 5) is 12.2. The molecule has 0 saturated heterocycles. The van der Waals surface area contributed by atoms with E-state index in [2.05, 4.69) is 0 Å². The van der Waals surface area contributed by atoms with Gasteiger partial charge in [-0.05, 0) is 64.4 Å². The molecule has 0 aromatic heterocycles. The fraction of sp³-hybridized carbons (Fsp3) is 0.800. The van der Waals surface area contributed by atoms with Crippen molar-refractivity contribution in [3.05, 3.63) is 11.1 Å². The second-order valence-electron chi connectivity index (χ2n) is 6.75. The maximum atomic E-state index is 12.2. The highest BCUT2D eigenvalue weighted by Gasteiger charge is 2.53. The molecule has 0 heterocycles. The summed E-state index contributed by atoms with van der Waals surface area (Å²) in [5.41, 5.74) is 0.0727. The van der Waals surface area contributed by atoms with E-state index in [0.29, 0.717) is 12.8 Å². The molecule has 0 spiro atoms. The van der Waals surface area contributed by atoms with Crippen LogP contribution >= 0.6 is 0 Å². The third-order valence-electron chi connectivity index (χ3n) is 4.93. The smallest absolute Gasteiger partial charge is 0.161 e. The fourth-order valence-corrected chi connectivity index (χ4v) is 3.75. The lowest BCUT2D eigenvalue weighted by molar-refractivity contribution is -0.121. The minimum atomic E-state index is -0.987. The summed E-state index contributed by atoms with van der Waals surface area (Å²) >= 11 is 0. The van der Waals surface area contributed by atoms with Crippen LogP contribution in [0, 0.1) is 11.8 Å². The van der Waals surface area contributed by atoms with E-state index in [0.717, 1.165) is 17.6 Å². The maximum absolute atomic E-state index is 12.2. The summed E-state index contributed by atoms with van der Waals surface area (Å²) in [6, 6.07) is 0. The van der Waals surface area contributed by atoms with Crippen molar-refractivity contribution in [1.29, 1.82) is 0 Å². The molecule has 2 aliphatic rings. The molecule has 0 aromatic carbocycles. The maximum Gasteiger partial charge on any atom is 0.161 e. The van der Waals surface area contributed by atoms with E-state index < -0.39 is 11.2 Å². The molecule has 4 atom stereocenters. The summed E-state index contributed by atoms with van der Waals surface area (Å²) < 4.78 is 0. The summed E-state index contributed by atoms with van der Waals surface area (Å²) in [7, 11) is 0. The van der Waals surface area contributed by atoms with Crippen molar-refractivity contribution in [2.75, 3.05) is 0 Å². The Kier molecular flexibility index (Phi) is 3.19. The molecule has 2 N–H and O–H groups in total. The molecule has 2 fully saturated rings. The number of allylic oxidation sites excluding steroid dienone is 2. The number of hydrogen-bond donors (Lipinski definition) is 2. The van der Waals surface area contributed by atoms with Gasteiger partial charge in [0.1, 0.15) is 0 Å². The number of carbonyl (C=O) groups is 1. The van der Waals surface area contributed by atoms with Gasteiger partial charge in [0, 0.05) is 6.42 Å². The average Bonchev–Trinajstić information content (AvgIpc) is 2.43. The molecule has 3 nitrogen and oxygen atoms in total. The third kappa shape index (κ3) is 2.14. The summed E-state index contributed by atoms with van der Waals surface area (Å²) in [6.45, 7) is 7.46. The molecule has 2 rings (SSSR count). The topological polar surface area (TPSA) is 57.5 Å². The number of rotatable bonds is 0. The monoisotopic (exact) mass is 252 g/mol. The largest absolute Gasteiger partial charge is 0.390 e. The Morgan fingerprint density at radius 1 is 1.17 bits per heavy atom. The van der Waals surface area contributed by atoms with Crippen LogP contribution in [-0.4, -0.2) is 27.2 Å². The highest BCUT2D eigenvalue weighted by Crippen LogP contribution is 2.51. The van der Waals surface area contributed by atoms with Gasteiger partial charge in [-0.15, -0.1) is 0 Å². The van der Waals surface area contributed by atoms with Crippen LogP contribution in [0.3, 0.4) is 0 Å². The van der Waals surface area contributed by atoms with Crippen molar-refractivity contribution in [2.45, 2.75) is 64.6 Å². The van der Waals surface area contributed by atoms with E-state index in [-0.39, 0.29) is 24.0 Å². The molecule has 18 heavy (non-hydrogen) atoms. The predicted octanol–water partition coefficient (Wildman–Crippen LogP) is 2.21. The molecular weight excluding hydrogens is 228 g/mol. The molecule has 2 aliphatic carbocycles. The molecule has 0 amide bonds. The SMILES string of the molecule is CC(C)=C1CC2C(CCC2(C)O)C(C)(O)CC1=O. The van der Waals surface area contributed by atoms with Crippen LogP contribution in [0.2, 0.25) is 0 Å². The van der Waals surface area contributed by atoms with E-state index in [1.807, 2.05) is 20.8 Å². The highest BCUT2D eigenvalue weighted by molar-refractivity contribution is 5.97. The van der Waals surface area contributed by atoms with Gasteiger partial charge in [0.05, 0.1) is 11.2 Å². The lowest BCUT2D eigenvalue weighted by Crippen LogP contribution is -2.41. The van der Waals surface area contributed by atoms with E-state index in [4.69, 9.17) is 0 Å². The molecule has 4 unspecified atom stereocenters. The third-order valence-corrected chi connectivity index (χ3v) is 4.93. The summed E-state index contributed by atoms with van der Waals surface area (Å²) in [6.07, 6.45) is 2.30. The van der Waals surface area contributed by atoms with Gasteiger partial charge in [-0.1, -0.05) is 5.57 Å². The zero-order valence-corrected chi connectivity index (χ0v) is 11.8.